The van der Waals surface area contributed by atoms with E-state index in [-0.39, 0.29) is 0 Å². The van der Waals surface area contributed by atoms with Gasteiger partial charge in [0, 0.05) is 18.6 Å². The number of rotatable bonds is 2. The zero-order chi connectivity index (χ0) is 11.5. The highest BCUT2D eigenvalue weighted by atomic mass is 16.5. The Bertz CT molecular complexity index is 212. The number of likely N-dealkylation sites (tertiary alicyclic amines) is 1. The van der Waals surface area contributed by atoms with Crippen molar-refractivity contribution in [2.45, 2.75) is 63.8 Å². The monoisotopic (exact) mass is 226 g/mol. The first-order chi connectivity index (χ1) is 7.63. The lowest BCUT2D eigenvalue weighted by atomic mass is 9.97. The molecule has 2 rings (SSSR count). The number of nitrogens with one attached hydrogen (secondary N) is 1. The second kappa shape index (κ2) is 5.48. The van der Waals surface area contributed by atoms with Gasteiger partial charge in [-0.1, -0.05) is 0 Å². The van der Waals surface area contributed by atoms with Crippen LogP contribution in [0.2, 0.25) is 0 Å². The number of piperidine rings is 1. The van der Waals surface area contributed by atoms with Crippen LogP contribution in [0.25, 0.3) is 0 Å². The molecule has 0 aromatic rings. The zero-order valence-corrected chi connectivity index (χ0v) is 10.9. The molecule has 0 saturated carbocycles. The molecule has 94 valence electrons. The van der Waals surface area contributed by atoms with E-state index in [0.717, 1.165) is 0 Å². The van der Waals surface area contributed by atoms with Gasteiger partial charge in [-0.05, 0) is 53.1 Å². The average molecular weight is 226 g/mol. The second-order valence-corrected chi connectivity index (χ2v) is 5.69. The van der Waals surface area contributed by atoms with Gasteiger partial charge in [0.1, 0.15) is 0 Å². The van der Waals surface area contributed by atoms with Crippen LogP contribution >= 0.6 is 0 Å². The van der Waals surface area contributed by atoms with Crippen LogP contribution in [-0.2, 0) is 4.74 Å². The van der Waals surface area contributed by atoms with Crippen molar-refractivity contribution in [1.82, 2.24) is 10.2 Å². The van der Waals surface area contributed by atoms with Crippen molar-refractivity contribution >= 4 is 0 Å². The lowest BCUT2D eigenvalue weighted by molar-refractivity contribution is -0.0445. The summed E-state index contributed by atoms with van der Waals surface area (Å²) in [6.07, 6.45) is 5.85. The van der Waals surface area contributed by atoms with Gasteiger partial charge in [0.25, 0.3) is 0 Å². The van der Waals surface area contributed by atoms with Crippen molar-refractivity contribution in [2.75, 3.05) is 20.1 Å². The van der Waals surface area contributed by atoms with Gasteiger partial charge in [0.2, 0.25) is 0 Å². The third-order valence-electron chi connectivity index (χ3n) is 3.79. The molecule has 0 radical (unpaired) electrons. The topological polar surface area (TPSA) is 24.5 Å². The Kier molecular flexibility index (Phi) is 4.22. The summed E-state index contributed by atoms with van der Waals surface area (Å²) in [5.41, 5.74) is 0. The summed E-state index contributed by atoms with van der Waals surface area (Å²) in [6.45, 7) is 6.85. The molecule has 2 saturated heterocycles. The summed E-state index contributed by atoms with van der Waals surface area (Å²) in [4.78, 5) is 2.44. The van der Waals surface area contributed by atoms with Gasteiger partial charge in [-0.25, -0.2) is 0 Å². The molecular formula is C13H26N2O. The van der Waals surface area contributed by atoms with Crippen LogP contribution in [0, 0.1) is 0 Å². The predicted octanol–water partition coefficient (Wildman–Crippen LogP) is 1.63. The van der Waals surface area contributed by atoms with Crippen LogP contribution in [-0.4, -0.2) is 49.3 Å². The number of hydrogen-bond acceptors (Lipinski definition) is 3. The fourth-order valence-corrected chi connectivity index (χ4v) is 3.18. The minimum absolute atomic E-state index is 0.419. The molecule has 3 nitrogen and oxygen atoms in total. The van der Waals surface area contributed by atoms with Gasteiger partial charge >= 0.3 is 0 Å². The minimum Gasteiger partial charge on any atom is -0.375 e. The summed E-state index contributed by atoms with van der Waals surface area (Å²) in [7, 11) is 2.23. The van der Waals surface area contributed by atoms with E-state index >= 15 is 0 Å². The highest BCUT2D eigenvalue weighted by molar-refractivity contribution is 4.84. The van der Waals surface area contributed by atoms with E-state index in [9.17, 15) is 0 Å². The van der Waals surface area contributed by atoms with E-state index in [1.165, 1.54) is 38.8 Å². The summed E-state index contributed by atoms with van der Waals surface area (Å²) in [5.74, 6) is 0. The van der Waals surface area contributed by atoms with E-state index in [2.05, 4.69) is 31.1 Å². The molecule has 0 aliphatic carbocycles. The molecule has 2 aliphatic rings. The number of hydrogen-bond donors (Lipinski definition) is 1. The molecule has 0 amide bonds. The largest absolute Gasteiger partial charge is 0.375 e. The minimum atomic E-state index is 0.419. The molecule has 16 heavy (non-hydrogen) atoms. The maximum absolute atomic E-state index is 5.78. The second-order valence-electron chi connectivity index (χ2n) is 5.69. The maximum Gasteiger partial charge on any atom is 0.0565 e. The van der Waals surface area contributed by atoms with Gasteiger partial charge in [-0.3, -0.25) is 0 Å². The standard InChI is InChI=1S/C13H26N2O/c1-10-7-13(8-11(2)16-10)14-12-5-4-6-15(3)9-12/h10-14H,4-9H2,1-3H3. The molecule has 2 aliphatic heterocycles. The molecule has 2 heterocycles. The molecule has 3 unspecified atom stereocenters. The lowest BCUT2D eigenvalue weighted by Crippen LogP contribution is -2.51. The van der Waals surface area contributed by atoms with Crippen LogP contribution in [0.4, 0.5) is 0 Å². The first-order valence-electron chi connectivity index (χ1n) is 6.73. The molecule has 3 heteroatoms. The van der Waals surface area contributed by atoms with Crippen LogP contribution in [0.3, 0.4) is 0 Å². The third-order valence-corrected chi connectivity index (χ3v) is 3.79. The smallest absolute Gasteiger partial charge is 0.0565 e. The van der Waals surface area contributed by atoms with Crippen LogP contribution in [0.1, 0.15) is 39.5 Å². The summed E-state index contributed by atoms with van der Waals surface area (Å²) in [5, 5.41) is 3.83. The van der Waals surface area contributed by atoms with Crippen molar-refractivity contribution in [3.05, 3.63) is 0 Å². The molecule has 0 aromatic carbocycles. The SMILES string of the molecule is CC1CC(NC2CCCN(C)C2)CC(C)O1. The Labute approximate surface area is 99.5 Å². The Balaban J connectivity index is 1.79. The summed E-state index contributed by atoms with van der Waals surface area (Å²) < 4.78 is 5.78. The van der Waals surface area contributed by atoms with Gasteiger partial charge < -0.3 is 15.0 Å². The van der Waals surface area contributed by atoms with Crippen molar-refractivity contribution in [1.29, 1.82) is 0 Å². The van der Waals surface area contributed by atoms with Gasteiger partial charge in [0.15, 0.2) is 0 Å². The van der Waals surface area contributed by atoms with Gasteiger partial charge in [-0.2, -0.15) is 0 Å². The van der Waals surface area contributed by atoms with E-state index < -0.39 is 0 Å². The quantitative estimate of drug-likeness (QED) is 0.774. The van der Waals surface area contributed by atoms with Gasteiger partial charge in [0.05, 0.1) is 12.2 Å². The highest BCUT2D eigenvalue weighted by Crippen LogP contribution is 2.20. The molecule has 0 bridgehead atoms. The molecule has 0 aromatic heterocycles. The zero-order valence-electron chi connectivity index (χ0n) is 10.9. The number of likely N-dealkylation sites (N-methyl/N-ethyl adjacent to an activating group) is 1. The Hall–Kier alpha value is -0.120. The fourth-order valence-electron chi connectivity index (χ4n) is 3.18. The third kappa shape index (κ3) is 3.44. The Morgan fingerprint density at radius 3 is 2.44 bits per heavy atom. The average Bonchev–Trinajstić information content (AvgIpc) is 2.15. The molecule has 1 N–H and O–H groups in total. The van der Waals surface area contributed by atoms with E-state index in [1.54, 1.807) is 0 Å². The van der Waals surface area contributed by atoms with Crippen molar-refractivity contribution in [3.63, 3.8) is 0 Å². The summed E-state index contributed by atoms with van der Waals surface area (Å²) in [6, 6.07) is 1.36. The molecule has 0 spiro atoms. The summed E-state index contributed by atoms with van der Waals surface area (Å²) >= 11 is 0. The molecule has 3 atom stereocenters. The van der Waals surface area contributed by atoms with Crippen molar-refractivity contribution < 1.29 is 4.74 Å². The first-order valence-corrected chi connectivity index (χ1v) is 6.73. The van der Waals surface area contributed by atoms with Crippen molar-refractivity contribution in [2.24, 2.45) is 0 Å². The normalized spacial score (nSPS) is 42.2. The molecular weight excluding hydrogens is 200 g/mol. The fraction of sp³-hybridized carbons (Fsp3) is 1.00. The Morgan fingerprint density at radius 2 is 1.81 bits per heavy atom. The predicted molar refractivity (Wildman–Crippen MR) is 66.7 cm³/mol. The lowest BCUT2D eigenvalue weighted by Gasteiger charge is -2.38. The van der Waals surface area contributed by atoms with Crippen LogP contribution < -0.4 is 5.32 Å². The van der Waals surface area contributed by atoms with Crippen LogP contribution in [0.5, 0.6) is 0 Å². The number of nitrogens with zero attached hydrogens (tertiary/aromatic N) is 1. The van der Waals surface area contributed by atoms with Crippen molar-refractivity contribution in [3.8, 4) is 0 Å². The van der Waals surface area contributed by atoms with E-state index in [1.807, 2.05) is 0 Å². The highest BCUT2D eigenvalue weighted by Gasteiger charge is 2.27. The van der Waals surface area contributed by atoms with E-state index in [0.29, 0.717) is 24.3 Å². The molecule has 2 fully saturated rings. The maximum atomic E-state index is 5.78. The van der Waals surface area contributed by atoms with Crippen LogP contribution in [0.15, 0.2) is 0 Å². The van der Waals surface area contributed by atoms with Gasteiger partial charge in [-0.15, -0.1) is 0 Å². The Morgan fingerprint density at radius 1 is 1.12 bits per heavy atom. The van der Waals surface area contributed by atoms with E-state index in [4.69, 9.17) is 4.74 Å². The number of ether oxygens (including phenoxy) is 1. The first kappa shape index (κ1) is 12.3.